The molecule has 1 heterocycles. The van der Waals surface area contributed by atoms with Crippen LogP contribution in [0, 0.1) is 5.82 Å². The topological polar surface area (TPSA) is 29.0 Å². The quantitative estimate of drug-likeness (QED) is 0.282. The molecule has 5 aromatic rings. The monoisotopic (exact) mass is 431 g/mol. The molecule has 0 unspecified atom stereocenters. The standard InChI is InChI=1S/C29H22FN3/c30-24-14-10-11-22(19-24)20-27-29(31-21-28(32-27)23-12-4-1-5-13-23)33(25-15-6-2-7-16-25)26-17-8-3-9-18-26/h1-19,21H,20H2. The lowest BCUT2D eigenvalue weighted by atomic mass is 10.1. The average Bonchev–Trinajstić information content (AvgIpc) is 2.87. The molecule has 33 heavy (non-hydrogen) atoms. The number of anilines is 3. The van der Waals surface area contributed by atoms with Gasteiger partial charge < -0.3 is 0 Å². The van der Waals surface area contributed by atoms with Gasteiger partial charge in [0.1, 0.15) is 5.82 Å². The molecule has 0 N–H and O–H groups in total. The van der Waals surface area contributed by atoms with E-state index in [2.05, 4.69) is 4.90 Å². The number of hydrogen-bond donors (Lipinski definition) is 0. The van der Waals surface area contributed by atoms with Crippen molar-refractivity contribution in [2.24, 2.45) is 0 Å². The van der Waals surface area contributed by atoms with E-state index < -0.39 is 0 Å². The second kappa shape index (κ2) is 9.45. The van der Waals surface area contributed by atoms with E-state index in [1.54, 1.807) is 18.3 Å². The molecule has 0 fully saturated rings. The van der Waals surface area contributed by atoms with Crippen LogP contribution in [0.25, 0.3) is 11.3 Å². The van der Waals surface area contributed by atoms with Crippen molar-refractivity contribution in [2.75, 3.05) is 4.90 Å². The molecule has 0 amide bonds. The Labute approximate surface area is 192 Å². The predicted octanol–water partition coefficient (Wildman–Crippen LogP) is 7.34. The fraction of sp³-hybridized carbons (Fsp3) is 0.0345. The molecule has 0 aliphatic heterocycles. The Hall–Kier alpha value is -4.31. The second-order valence-corrected chi connectivity index (χ2v) is 7.70. The highest BCUT2D eigenvalue weighted by molar-refractivity contribution is 5.76. The zero-order valence-corrected chi connectivity index (χ0v) is 18.0. The van der Waals surface area contributed by atoms with Gasteiger partial charge in [-0.3, -0.25) is 4.90 Å². The SMILES string of the molecule is Fc1cccc(Cc2nc(-c3ccccc3)cnc2N(c2ccccc2)c2ccccc2)c1. The van der Waals surface area contributed by atoms with Crippen molar-refractivity contribution in [3.8, 4) is 11.3 Å². The van der Waals surface area contributed by atoms with Gasteiger partial charge in [0.15, 0.2) is 5.82 Å². The number of halogens is 1. The fourth-order valence-corrected chi connectivity index (χ4v) is 3.86. The molecule has 0 saturated carbocycles. The average molecular weight is 432 g/mol. The second-order valence-electron chi connectivity index (χ2n) is 7.70. The highest BCUT2D eigenvalue weighted by atomic mass is 19.1. The third-order valence-electron chi connectivity index (χ3n) is 5.39. The summed E-state index contributed by atoms with van der Waals surface area (Å²) in [5.41, 5.74) is 5.35. The summed E-state index contributed by atoms with van der Waals surface area (Å²) in [4.78, 5) is 12.0. The lowest BCUT2D eigenvalue weighted by Gasteiger charge is -2.26. The molecule has 0 spiro atoms. The van der Waals surface area contributed by atoms with E-state index >= 15 is 0 Å². The van der Waals surface area contributed by atoms with Gasteiger partial charge in [0.25, 0.3) is 0 Å². The summed E-state index contributed by atoms with van der Waals surface area (Å²) < 4.78 is 14.0. The maximum absolute atomic E-state index is 14.0. The van der Waals surface area contributed by atoms with Gasteiger partial charge >= 0.3 is 0 Å². The fourth-order valence-electron chi connectivity index (χ4n) is 3.86. The van der Waals surface area contributed by atoms with Crippen LogP contribution in [0.15, 0.2) is 121 Å². The van der Waals surface area contributed by atoms with Crippen molar-refractivity contribution < 1.29 is 4.39 Å². The Morgan fingerprint density at radius 1 is 0.667 bits per heavy atom. The molecule has 5 rings (SSSR count). The summed E-state index contributed by atoms with van der Waals surface area (Å²) in [5.74, 6) is 0.459. The van der Waals surface area contributed by atoms with Crippen molar-refractivity contribution in [1.82, 2.24) is 9.97 Å². The Morgan fingerprint density at radius 2 is 1.27 bits per heavy atom. The number of hydrogen-bond acceptors (Lipinski definition) is 3. The number of para-hydroxylation sites is 2. The molecule has 3 nitrogen and oxygen atoms in total. The van der Waals surface area contributed by atoms with E-state index in [1.807, 2.05) is 97.1 Å². The largest absolute Gasteiger partial charge is 0.294 e. The molecule has 4 heteroatoms. The van der Waals surface area contributed by atoms with E-state index in [9.17, 15) is 4.39 Å². The number of rotatable bonds is 6. The predicted molar refractivity (Wildman–Crippen MR) is 131 cm³/mol. The van der Waals surface area contributed by atoms with Crippen LogP contribution < -0.4 is 4.90 Å². The number of benzene rings is 4. The first-order chi connectivity index (χ1) is 16.3. The Morgan fingerprint density at radius 3 is 1.88 bits per heavy atom. The first-order valence-corrected chi connectivity index (χ1v) is 10.8. The molecule has 0 bridgehead atoms. The van der Waals surface area contributed by atoms with E-state index in [0.29, 0.717) is 6.42 Å². The van der Waals surface area contributed by atoms with Crippen LogP contribution in [-0.2, 0) is 6.42 Å². The first-order valence-electron chi connectivity index (χ1n) is 10.8. The third kappa shape index (κ3) is 4.65. The Bertz CT molecular complexity index is 1300. The summed E-state index contributed by atoms with van der Waals surface area (Å²) >= 11 is 0. The van der Waals surface area contributed by atoms with E-state index in [1.165, 1.54) is 6.07 Å². The van der Waals surface area contributed by atoms with E-state index in [-0.39, 0.29) is 5.82 Å². The molecule has 0 saturated heterocycles. The van der Waals surface area contributed by atoms with E-state index in [0.717, 1.165) is 39.7 Å². The molecule has 4 aromatic carbocycles. The summed E-state index contributed by atoms with van der Waals surface area (Å²) in [6.45, 7) is 0. The number of nitrogens with zero attached hydrogens (tertiary/aromatic N) is 3. The molecule has 0 atom stereocenters. The maximum Gasteiger partial charge on any atom is 0.159 e. The molecule has 0 aliphatic rings. The van der Waals surface area contributed by atoms with Crippen molar-refractivity contribution in [3.05, 3.63) is 139 Å². The van der Waals surface area contributed by atoms with Crippen LogP contribution in [0.4, 0.5) is 21.6 Å². The van der Waals surface area contributed by atoms with Gasteiger partial charge in [-0.25, -0.2) is 14.4 Å². The van der Waals surface area contributed by atoms with Crippen LogP contribution in [0.5, 0.6) is 0 Å². The third-order valence-corrected chi connectivity index (χ3v) is 5.39. The molecule has 1 aromatic heterocycles. The summed E-state index contributed by atoms with van der Waals surface area (Å²) in [5, 5.41) is 0. The minimum Gasteiger partial charge on any atom is -0.294 e. The summed E-state index contributed by atoms with van der Waals surface area (Å²) in [7, 11) is 0. The lowest BCUT2D eigenvalue weighted by molar-refractivity contribution is 0.626. The highest BCUT2D eigenvalue weighted by Gasteiger charge is 2.20. The van der Waals surface area contributed by atoms with Gasteiger partial charge in [-0.2, -0.15) is 0 Å². The Kier molecular flexibility index (Phi) is 5.89. The summed E-state index contributed by atoms with van der Waals surface area (Å²) in [6, 6.07) is 36.8. The maximum atomic E-state index is 14.0. The van der Waals surface area contributed by atoms with Crippen LogP contribution in [0.1, 0.15) is 11.3 Å². The zero-order chi connectivity index (χ0) is 22.5. The summed E-state index contributed by atoms with van der Waals surface area (Å²) in [6.07, 6.45) is 2.26. The van der Waals surface area contributed by atoms with Crippen LogP contribution in [-0.4, -0.2) is 9.97 Å². The molecule has 160 valence electrons. The van der Waals surface area contributed by atoms with E-state index in [4.69, 9.17) is 9.97 Å². The van der Waals surface area contributed by atoms with Gasteiger partial charge in [-0.15, -0.1) is 0 Å². The van der Waals surface area contributed by atoms with Crippen molar-refractivity contribution in [2.45, 2.75) is 6.42 Å². The molecule has 0 aliphatic carbocycles. The Balaban J connectivity index is 1.68. The van der Waals surface area contributed by atoms with Crippen LogP contribution >= 0.6 is 0 Å². The molecular formula is C29H22FN3. The molecule has 0 radical (unpaired) electrons. The minimum atomic E-state index is -0.260. The highest BCUT2D eigenvalue weighted by Crippen LogP contribution is 2.36. The molecular weight excluding hydrogens is 409 g/mol. The van der Waals surface area contributed by atoms with Crippen molar-refractivity contribution in [3.63, 3.8) is 0 Å². The first kappa shape index (κ1) is 20.6. The van der Waals surface area contributed by atoms with Crippen LogP contribution in [0.3, 0.4) is 0 Å². The normalized spacial score (nSPS) is 10.7. The van der Waals surface area contributed by atoms with Crippen molar-refractivity contribution >= 4 is 17.2 Å². The zero-order valence-electron chi connectivity index (χ0n) is 18.0. The smallest absolute Gasteiger partial charge is 0.159 e. The minimum absolute atomic E-state index is 0.260. The van der Waals surface area contributed by atoms with Gasteiger partial charge in [0.05, 0.1) is 17.6 Å². The van der Waals surface area contributed by atoms with Gasteiger partial charge in [0, 0.05) is 23.4 Å². The van der Waals surface area contributed by atoms with Gasteiger partial charge in [-0.1, -0.05) is 78.9 Å². The van der Waals surface area contributed by atoms with Crippen molar-refractivity contribution in [1.29, 1.82) is 0 Å². The van der Waals surface area contributed by atoms with Gasteiger partial charge in [0.2, 0.25) is 0 Å². The van der Waals surface area contributed by atoms with Crippen LogP contribution in [0.2, 0.25) is 0 Å². The lowest BCUT2D eigenvalue weighted by Crippen LogP contribution is -2.15. The van der Waals surface area contributed by atoms with Gasteiger partial charge in [-0.05, 0) is 42.0 Å². The number of aromatic nitrogens is 2.